The number of nitrogens with zero attached hydrogens (tertiary/aromatic N) is 4. The van der Waals surface area contributed by atoms with Crippen molar-refractivity contribution in [2.24, 2.45) is 7.05 Å². The Kier molecular flexibility index (Phi) is 4.90. The molecule has 30 heavy (non-hydrogen) atoms. The van der Waals surface area contributed by atoms with E-state index in [1.807, 2.05) is 42.9 Å². The minimum Gasteiger partial charge on any atom is -0.272 e. The second-order valence-corrected chi connectivity index (χ2v) is 10.5. The van der Waals surface area contributed by atoms with Crippen LogP contribution < -0.4 is 0 Å². The van der Waals surface area contributed by atoms with Crippen LogP contribution in [0.25, 0.3) is 10.9 Å². The normalized spacial score (nSPS) is 17.3. The van der Waals surface area contributed by atoms with Gasteiger partial charge in [0.15, 0.2) is 0 Å². The van der Waals surface area contributed by atoms with Gasteiger partial charge in [-0.1, -0.05) is 31.0 Å². The van der Waals surface area contributed by atoms with Crippen molar-refractivity contribution in [3.05, 3.63) is 53.0 Å². The molecule has 0 bridgehead atoms. The number of aromatic nitrogens is 3. The van der Waals surface area contributed by atoms with Crippen molar-refractivity contribution < 1.29 is 8.42 Å². The molecule has 5 rings (SSSR count). The molecule has 0 amide bonds. The van der Waals surface area contributed by atoms with Gasteiger partial charge in [0.05, 0.1) is 17.8 Å². The van der Waals surface area contributed by atoms with Gasteiger partial charge >= 0.3 is 0 Å². The van der Waals surface area contributed by atoms with Crippen LogP contribution in [0.1, 0.15) is 54.7 Å². The Balaban J connectivity index is 1.61. The van der Waals surface area contributed by atoms with Crippen molar-refractivity contribution >= 4 is 20.9 Å². The van der Waals surface area contributed by atoms with Crippen molar-refractivity contribution in [2.75, 3.05) is 0 Å². The standard InChI is InChI=1S/C23H28N4O2S/c1-16-13-14-17-7-5-12-22(23(17)24-16)30(28,29)27(18-8-3-4-9-18)15-20-19-10-6-11-21(19)26(2)25-20/h5,7,12-14,18H,3-4,6,8-11,15H2,1-2H3. The number of sulfonamides is 1. The van der Waals surface area contributed by atoms with Crippen molar-refractivity contribution in [3.63, 3.8) is 0 Å². The molecule has 1 fully saturated rings. The maximum Gasteiger partial charge on any atom is 0.245 e. The van der Waals surface area contributed by atoms with E-state index in [1.54, 1.807) is 10.4 Å². The summed E-state index contributed by atoms with van der Waals surface area (Å²) in [4.78, 5) is 4.90. The summed E-state index contributed by atoms with van der Waals surface area (Å²) >= 11 is 0. The number of pyridine rings is 1. The first kappa shape index (κ1) is 19.7. The van der Waals surface area contributed by atoms with Crippen LogP contribution in [0, 0.1) is 6.92 Å². The number of para-hydroxylation sites is 1. The second kappa shape index (κ2) is 7.46. The van der Waals surface area contributed by atoms with E-state index in [9.17, 15) is 8.42 Å². The van der Waals surface area contributed by atoms with E-state index >= 15 is 0 Å². The molecular formula is C23H28N4O2S. The molecule has 0 radical (unpaired) electrons. The van der Waals surface area contributed by atoms with Crippen molar-refractivity contribution in [1.82, 2.24) is 19.1 Å². The molecule has 1 saturated carbocycles. The van der Waals surface area contributed by atoms with Gasteiger partial charge in [0, 0.05) is 29.9 Å². The minimum atomic E-state index is -3.71. The lowest BCUT2D eigenvalue weighted by Gasteiger charge is -2.28. The number of hydrogen-bond acceptors (Lipinski definition) is 4. The Bertz CT molecular complexity index is 1210. The fourth-order valence-electron chi connectivity index (χ4n) is 5.13. The van der Waals surface area contributed by atoms with E-state index in [1.165, 1.54) is 11.3 Å². The highest BCUT2D eigenvalue weighted by molar-refractivity contribution is 7.89. The van der Waals surface area contributed by atoms with Gasteiger partial charge in [-0.15, -0.1) is 0 Å². The van der Waals surface area contributed by atoms with E-state index in [0.29, 0.717) is 17.0 Å². The highest BCUT2D eigenvalue weighted by atomic mass is 32.2. The van der Waals surface area contributed by atoms with Gasteiger partial charge in [-0.3, -0.25) is 9.67 Å². The summed E-state index contributed by atoms with van der Waals surface area (Å²) in [6.45, 7) is 2.24. The number of fused-ring (bicyclic) bond motifs is 2. The van der Waals surface area contributed by atoms with Crippen molar-refractivity contribution in [1.29, 1.82) is 0 Å². The molecule has 158 valence electrons. The number of rotatable bonds is 5. The predicted molar refractivity (Wildman–Crippen MR) is 117 cm³/mol. The third kappa shape index (κ3) is 3.24. The topological polar surface area (TPSA) is 68.1 Å². The highest BCUT2D eigenvalue weighted by Crippen LogP contribution is 2.34. The third-order valence-electron chi connectivity index (χ3n) is 6.65. The van der Waals surface area contributed by atoms with Crippen LogP contribution in [0.5, 0.6) is 0 Å². The van der Waals surface area contributed by atoms with Crippen molar-refractivity contribution in [2.45, 2.75) is 69.4 Å². The van der Waals surface area contributed by atoms with Gasteiger partial charge in [-0.2, -0.15) is 9.40 Å². The van der Waals surface area contributed by atoms with E-state index in [0.717, 1.165) is 61.7 Å². The van der Waals surface area contributed by atoms with Gasteiger partial charge in [0.1, 0.15) is 4.90 Å². The Hall–Kier alpha value is -2.25. The Morgan fingerprint density at radius 2 is 1.90 bits per heavy atom. The quantitative estimate of drug-likeness (QED) is 0.623. The molecule has 0 atom stereocenters. The van der Waals surface area contributed by atoms with Crippen LogP contribution in [0.3, 0.4) is 0 Å². The second-order valence-electron chi connectivity index (χ2n) is 8.62. The van der Waals surface area contributed by atoms with Gasteiger partial charge in [-0.05, 0) is 56.7 Å². The van der Waals surface area contributed by atoms with Gasteiger partial charge in [0.2, 0.25) is 10.0 Å². The molecule has 0 aliphatic heterocycles. The average molecular weight is 425 g/mol. The summed E-state index contributed by atoms with van der Waals surface area (Å²) in [5.74, 6) is 0. The summed E-state index contributed by atoms with van der Waals surface area (Å²) in [5, 5.41) is 5.58. The first-order valence-corrected chi connectivity index (χ1v) is 12.3. The third-order valence-corrected chi connectivity index (χ3v) is 8.58. The molecule has 0 saturated heterocycles. The summed E-state index contributed by atoms with van der Waals surface area (Å²) in [6.07, 6.45) is 7.11. The number of aryl methyl sites for hydroxylation is 2. The molecule has 0 unspecified atom stereocenters. The minimum absolute atomic E-state index is 0.0223. The molecule has 2 aliphatic rings. The van der Waals surface area contributed by atoms with Crippen LogP contribution in [-0.2, 0) is 36.5 Å². The van der Waals surface area contributed by atoms with Gasteiger partial charge in [0.25, 0.3) is 0 Å². The van der Waals surface area contributed by atoms with Crippen molar-refractivity contribution in [3.8, 4) is 0 Å². The van der Waals surface area contributed by atoms with Gasteiger partial charge in [-0.25, -0.2) is 8.42 Å². The van der Waals surface area contributed by atoms with Crippen LogP contribution in [0.4, 0.5) is 0 Å². The lowest BCUT2D eigenvalue weighted by molar-refractivity contribution is 0.312. The number of benzene rings is 1. The summed E-state index contributed by atoms with van der Waals surface area (Å²) in [7, 11) is -1.74. The van der Waals surface area contributed by atoms with Crippen LogP contribution in [-0.4, -0.2) is 33.5 Å². The van der Waals surface area contributed by atoms with E-state index in [-0.39, 0.29) is 6.04 Å². The highest BCUT2D eigenvalue weighted by Gasteiger charge is 2.36. The van der Waals surface area contributed by atoms with E-state index < -0.39 is 10.0 Å². The number of hydrogen-bond donors (Lipinski definition) is 0. The largest absolute Gasteiger partial charge is 0.272 e. The summed E-state index contributed by atoms with van der Waals surface area (Å²) < 4.78 is 31.7. The SMILES string of the molecule is Cc1ccc2cccc(S(=O)(=O)N(Cc3nn(C)c4c3CCC4)C3CCCC3)c2n1. The smallest absolute Gasteiger partial charge is 0.245 e. The van der Waals surface area contributed by atoms with Crippen LogP contribution in [0.2, 0.25) is 0 Å². The first-order valence-electron chi connectivity index (χ1n) is 10.9. The Morgan fingerprint density at radius 3 is 2.70 bits per heavy atom. The Labute approximate surface area is 178 Å². The molecule has 3 aromatic rings. The molecule has 7 heteroatoms. The molecule has 2 aromatic heterocycles. The molecule has 0 N–H and O–H groups in total. The average Bonchev–Trinajstić information content (AvgIpc) is 3.46. The Morgan fingerprint density at radius 1 is 1.10 bits per heavy atom. The molecule has 6 nitrogen and oxygen atoms in total. The fraction of sp³-hybridized carbons (Fsp3) is 0.478. The zero-order valence-corrected chi connectivity index (χ0v) is 18.5. The zero-order chi connectivity index (χ0) is 20.9. The molecule has 2 aliphatic carbocycles. The van der Waals surface area contributed by atoms with E-state index in [4.69, 9.17) is 5.10 Å². The molecular weight excluding hydrogens is 396 g/mol. The lowest BCUT2D eigenvalue weighted by Crippen LogP contribution is -2.38. The lowest BCUT2D eigenvalue weighted by atomic mass is 10.2. The molecule has 2 heterocycles. The fourth-order valence-corrected chi connectivity index (χ4v) is 6.93. The molecule has 0 spiro atoms. The monoisotopic (exact) mass is 424 g/mol. The van der Waals surface area contributed by atoms with Crippen LogP contribution >= 0.6 is 0 Å². The van der Waals surface area contributed by atoms with E-state index in [2.05, 4.69) is 4.98 Å². The summed E-state index contributed by atoms with van der Waals surface area (Å²) in [5.41, 5.74) is 4.82. The molecule has 1 aromatic carbocycles. The maximum absolute atomic E-state index is 14.0. The zero-order valence-electron chi connectivity index (χ0n) is 17.6. The van der Waals surface area contributed by atoms with Gasteiger partial charge < -0.3 is 0 Å². The van der Waals surface area contributed by atoms with Crippen LogP contribution in [0.15, 0.2) is 35.2 Å². The summed E-state index contributed by atoms with van der Waals surface area (Å²) in [6, 6.07) is 9.33. The predicted octanol–water partition coefficient (Wildman–Crippen LogP) is 3.90. The maximum atomic E-state index is 14.0. The first-order chi connectivity index (χ1) is 14.4.